The Morgan fingerprint density at radius 1 is 1.07 bits per heavy atom. The summed E-state index contributed by atoms with van der Waals surface area (Å²) < 4.78 is 0. The van der Waals surface area contributed by atoms with Crippen molar-refractivity contribution in [2.24, 2.45) is 11.8 Å². The van der Waals surface area contributed by atoms with Crippen LogP contribution in [0, 0.1) is 11.8 Å². The van der Waals surface area contributed by atoms with Crippen LogP contribution in [-0.2, 0) is 13.0 Å². The van der Waals surface area contributed by atoms with Gasteiger partial charge in [-0.2, -0.15) is 0 Å². The van der Waals surface area contributed by atoms with Crippen LogP contribution in [0.25, 0.3) is 5.70 Å². The van der Waals surface area contributed by atoms with Crippen molar-refractivity contribution in [2.45, 2.75) is 57.5 Å². The lowest BCUT2D eigenvalue weighted by Crippen LogP contribution is -2.39. The molecule has 2 fully saturated rings. The van der Waals surface area contributed by atoms with Crippen LogP contribution in [0.1, 0.15) is 55.2 Å². The highest BCUT2D eigenvalue weighted by molar-refractivity contribution is 5.70. The van der Waals surface area contributed by atoms with Crippen LogP contribution < -0.4 is 5.32 Å². The molecule has 4 rings (SSSR count). The van der Waals surface area contributed by atoms with Crippen LogP contribution in [0.3, 0.4) is 0 Å². The first-order valence-corrected chi connectivity index (χ1v) is 10.4. The molecular weight excluding hydrogens is 332 g/mol. The maximum Gasteiger partial charge on any atom is 0.0693 e. The van der Waals surface area contributed by atoms with Crippen LogP contribution in [0.4, 0.5) is 0 Å². The van der Waals surface area contributed by atoms with Crippen molar-refractivity contribution >= 4 is 5.70 Å². The second-order valence-corrected chi connectivity index (χ2v) is 8.57. The second-order valence-electron chi connectivity index (χ2n) is 8.57. The molecule has 0 aromatic heterocycles. The molecule has 3 atom stereocenters. The van der Waals surface area contributed by atoms with Crippen molar-refractivity contribution in [3.05, 3.63) is 66.0 Å². The molecular formula is C24H32N2O. The summed E-state index contributed by atoms with van der Waals surface area (Å²) in [5, 5.41) is 13.0. The fourth-order valence-corrected chi connectivity index (χ4v) is 5.22. The Morgan fingerprint density at radius 2 is 1.85 bits per heavy atom. The van der Waals surface area contributed by atoms with Gasteiger partial charge in [0.15, 0.2) is 0 Å². The van der Waals surface area contributed by atoms with E-state index in [-0.39, 0.29) is 6.04 Å². The summed E-state index contributed by atoms with van der Waals surface area (Å²) in [6.45, 7) is 13.9. The highest BCUT2D eigenvalue weighted by Gasteiger charge is 2.32. The molecule has 2 unspecified atom stereocenters. The van der Waals surface area contributed by atoms with E-state index >= 15 is 0 Å². The number of piperidine rings is 1. The van der Waals surface area contributed by atoms with Gasteiger partial charge in [-0.1, -0.05) is 50.8 Å². The van der Waals surface area contributed by atoms with Crippen LogP contribution >= 0.6 is 0 Å². The number of hydrogen-bond acceptors (Lipinski definition) is 3. The predicted molar refractivity (Wildman–Crippen MR) is 112 cm³/mol. The number of fused-ring (bicyclic) bond motifs is 1. The van der Waals surface area contributed by atoms with E-state index in [4.69, 9.17) is 0 Å². The molecule has 0 radical (unpaired) electrons. The van der Waals surface area contributed by atoms with Crippen molar-refractivity contribution in [2.75, 3.05) is 6.61 Å². The monoisotopic (exact) mass is 364 g/mol. The lowest BCUT2D eigenvalue weighted by molar-refractivity contribution is 0.134. The summed E-state index contributed by atoms with van der Waals surface area (Å²) in [6.07, 6.45) is 8.12. The highest BCUT2D eigenvalue weighted by atomic mass is 16.3. The molecule has 0 amide bonds. The molecule has 0 bridgehead atoms. The minimum absolute atomic E-state index is 0.288. The molecule has 3 aliphatic rings. The third kappa shape index (κ3) is 3.58. The molecule has 1 saturated heterocycles. The molecule has 3 nitrogen and oxygen atoms in total. The zero-order valence-corrected chi connectivity index (χ0v) is 16.3. The van der Waals surface area contributed by atoms with E-state index in [9.17, 15) is 5.11 Å². The standard InChI is InChI=1S/C24H32N2O/c1-16-8-11-24(17(2)25-16)26-14-22-13-19(9-10-23(22)18(26)3)12-20-6-4-5-7-21(20)15-27/h9-10,13,20-21,24-25,27H,1-8,11-12,14-15H2/t20?,21-,24?/m1/s1. The van der Waals surface area contributed by atoms with Gasteiger partial charge in [0.05, 0.1) is 6.04 Å². The highest BCUT2D eigenvalue weighted by Crippen LogP contribution is 2.39. The zero-order valence-electron chi connectivity index (χ0n) is 16.3. The molecule has 1 aromatic rings. The first-order chi connectivity index (χ1) is 13.1. The molecule has 3 heteroatoms. The number of aliphatic hydroxyl groups is 1. The topological polar surface area (TPSA) is 35.5 Å². The first kappa shape index (κ1) is 18.4. The largest absolute Gasteiger partial charge is 0.396 e. The maximum absolute atomic E-state index is 9.71. The summed E-state index contributed by atoms with van der Waals surface area (Å²) in [5.74, 6) is 1.10. The second kappa shape index (κ2) is 7.55. The number of allylic oxidation sites excluding steroid dienone is 1. The van der Waals surface area contributed by atoms with Crippen molar-refractivity contribution in [3.63, 3.8) is 0 Å². The van der Waals surface area contributed by atoms with Crippen molar-refractivity contribution in [1.29, 1.82) is 0 Å². The number of rotatable bonds is 4. The van der Waals surface area contributed by atoms with Crippen LogP contribution in [0.2, 0.25) is 0 Å². The fourth-order valence-electron chi connectivity index (χ4n) is 5.22. The van der Waals surface area contributed by atoms with Gasteiger partial charge in [0.2, 0.25) is 0 Å². The number of aliphatic hydroxyl groups excluding tert-OH is 1. The third-order valence-corrected chi connectivity index (χ3v) is 6.80. The predicted octanol–water partition coefficient (Wildman–Crippen LogP) is 4.59. The van der Waals surface area contributed by atoms with Gasteiger partial charge in [-0.15, -0.1) is 0 Å². The minimum Gasteiger partial charge on any atom is -0.396 e. The third-order valence-electron chi connectivity index (χ3n) is 6.80. The molecule has 1 aromatic carbocycles. The van der Waals surface area contributed by atoms with E-state index < -0.39 is 0 Å². The van der Waals surface area contributed by atoms with E-state index in [2.05, 4.69) is 48.2 Å². The SMILES string of the molecule is C=C1CCC(N2Cc3cc(CC4CCCC[C@@H]4CO)ccc3C2=C)C(=C)N1. The Kier molecular flexibility index (Phi) is 5.14. The van der Waals surface area contributed by atoms with Crippen LogP contribution in [-0.4, -0.2) is 22.7 Å². The van der Waals surface area contributed by atoms with Crippen molar-refractivity contribution in [1.82, 2.24) is 10.2 Å². The number of hydrogen-bond donors (Lipinski definition) is 2. The van der Waals surface area contributed by atoms with Gasteiger partial charge < -0.3 is 15.3 Å². The van der Waals surface area contributed by atoms with Gasteiger partial charge in [0.25, 0.3) is 0 Å². The molecule has 2 N–H and O–H groups in total. The number of benzene rings is 1. The Hall–Kier alpha value is -2.00. The Morgan fingerprint density at radius 3 is 2.59 bits per heavy atom. The van der Waals surface area contributed by atoms with Crippen molar-refractivity contribution in [3.8, 4) is 0 Å². The van der Waals surface area contributed by atoms with Crippen molar-refractivity contribution < 1.29 is 5.11 Å². The Bertz CT molecular complexity index is 766. The van der Waals surface area contributed by atoms with Gasteiger partial charge in [0, 0.05) is 35.8 Å². The molecule has 144 valence electrons. The quantitative estimate of drug-likeness (QED) is 0.820. The maximum atomic E-state index is 9.71. The van der Waals surface area contributed by atoms with E-state index in [0.717, 1.165) is 42.9 Å². The summed E-state index contributed by atoms with van der Waals surface area (Å²) in [5.41, 5.74) is 7.27. The molecule has 27 heavy (non-hydrogen) atoms. The van der Waals surface area contributed by atoms with E-state index in [1.807, 2.05) is 0 Å². The van der Waals surface area contributed by atoms with Crippen LogP contribution in [0.5, 0.6) is 0 Å². The molecule has 0 spiro atoms. The number of nitrogens with zero attached hydrogens (tertiary/aromatic N) is 1. The molecule has 1 aliphatic carbocycles. The molecule has 1 saturated carbocycles. The van der Waals surface area contributed by atoms with E-state index in [1.165, 1.54) is 42.4 Å². The average molecular weight is 365 g/mol. The van der Waals surface area contributed by atoms with Crippen LogP contribution in [0.15, 0.2) is 49.3 Å². The summed E-state index contributed by atoms with van der Waals surface area (Å²) in [7, 11) is 0. The minimum atomic E-state index is 0.288. The van der Waals surface area contributed by atoms with Gasteiger partial charge >= 0.3 is 0 Å². The smallest absolute Gasteiger partial charge is 0.0693 e. The Labute approximate surface area is 163 Å². The van der Waals surface area contributed by atoms with Gasteiger partial charge in [-0.3, -0.25) is 0 Å². The summed E-state index contributed by atoms with van der Waals surface area (Å²) >= 11 is 0. The normalized spacial score (nSPS) is 28.3. The van der Waals surface area contributed by atoms with E-state index in [1.54, 1.807) is 0 Å². The average Bonchev–Trinajstić information content (AvgIpc) is 2.98. The summed E-state index contributed by atoms with van der Waals surface area (Å²) in [6, 6.07) is 7.19. The summed E-state index contributed by atoms with van der Waals surface area (Å²) in [4.78, 5) is 2.40. The Balaban J connectivity index is 1.49. The lowest BCUT2D eigenvalue weighted by atomic mass is 9.76. The zero-order chi connectivity index (χ0) is 19.0. The van der Waals surface area contributed by atoms with Gasteiger partial charge in [0.1, 0.15) is 0 Å². The van der Waals surface area contributed by atoms with E-state index in [0.29, 0.717) is 18.4 Å². The van der Waals surface area contributed by atoms with Gasteiger partial charge in [-0.25, -0.2) is 0 Å². The lowest BCUT2D eigenvalue weighted by Gasteiger charge is -2.36. The first-order valence-electron chi connectivity index (χ1n) is 10.4. The fraction of sp³-hybridized carbons (Fsp3) is 0.500. The van der Waals surface area contributed by atoms with Gasteiger partial charge in [-0.05, 0) is 55.1 Å². The molecule has 2 heterocycles. The molecule has 2 aliphatic heterocycles. The number of nitrogens with one attached hydrogen (secondary N) is 1.